The maximum absolute atomic E-state index is 10.9. The van der Waals surface area contributed by atoms with Gasteiger partial charge in [-0.15, -0.1) is 0 Å². The average molecular weight is 410 g/mol. The summed E-state index contributed by atoms with van der Waals surface area (Å²) in [4.78, 5) is 10.9. The van der Waals surface area contributed by atoms with Gasteiger partial charge in [0, 0.05) is 5.02 Å². The molecule has 0 atom stereocenters. The first-order valence-electron chi connectivity index (χ1n) is 8.50. The van der Waals surface area contributed by atoms with Crippen LogP contribution < -0.4 is 9.47 Å². The summed E-state index contributed by atoms with van der Waals surface area (Å²) in [6.45, 7) is 0.0464. The van der Waals surface area contributed by atoms with Gasteiger partial charge in [-0.05, 0) is 53.6 Å². The molecule has 0 spiro atoms. The Morgan fingerprint density at radius 3 is 2.69 bits per heavy atom. The Balaban J connectivity index is 1.80. The zero-order chi connectivity index (χ0) is 20.8. The Hall–Kier alpha value is -3.69. The van der Waals surface area contributed by atoms with Crippen molar-refractivity contribution in [2.45, 2.75) is 6.61 Å². The molecule has 0 bridgehead atoms. The van der Waals surface area contributed by atoms with E-state index in [1.165, 1.54) is 19.2 Å². The summed E-state index contributed by atoms with van der Waals surface area (Å²) < 4.78 is 16.2. The molecule has 0 aliphatic carbocycles. The smallest absolute Gasteiger partial charge is 0.371 e. The van der Waals surface area contributed by atoms with E-state index in [0.717, 1.165) is 5.56 Å². The number of furan rings is 1. The second kappa shape index (κ2) is 9.00. The first-order chi connectivity index (χ1) is 14.0. The summed E-state index contributed by atoms with van der Waals surface area (Å²) in [5.74, 6) is 0.00607. The van der Waals surface area contributed by atoms with Crippen LogP contribution in [0.4, 0.5) is 0 Å². The molecule has 2 aromatic carbocycles. The van der Waals surface area contributed by atoms with Crippen LogP contribution in [0.15, 0.2) is 59.0 Å². The molecule has 7 heteroatoms. The number of aromatic carboxylic acids is 1. The lowest BCUT2D eigenvalue weighted by atomic mass is 10.0. The molecule has 0 aliphatic rings. The molecule has 3 aromatic rings. The number of halogens is 1. The summed E-state index contributed by atoms with van der Waals surface area (Å²) in [7, 11) is 1.51. The second-order valence-electron chi connectivity index (χ2n) is 5.95. The third kappa shape index (κ3) is 4.98. The number of ether oxygens (including phenoxy) is 2. The van der Waals surface area contributed by atoms with E-state index in [0.29, 0.717) is 33.4 Å². The highest BCUT2D eigenvalue weighted by molar-refractivity contribution is 6.30. The lowest BCUT2D eigenvalue weighted by molar-refractivity contribution is 0.0658. The summed E-state index contributed by atoms with van der Waals surface area (Å²) in [5.41, 5.74) is 1.92. The SMILES string of the molecule is COc1cc(/C=C(/C#N)c2cccc(Cl)c2)ccc1OCc1ccc(C(=O)O)o1. The van der Waals surface area contributed by atoms with Crippen molar-refractivity contribution in [3.8, 4) is 17.6 Å². The van der Waals surface area contributed by atoms with E-state index in [4.69, 9.17) is 30.6 Å². The molecule has 0 fully saturated rings. The molecule has 0 aliphatic heterocycles. The summed E-state index contributed by atoms with van der Waals surface area (Å²) in [6.07, 6.45) is 1.73. The molecule has 0 unspecified atom stereocenters. The normalized spacial score (nSPS) is 11.0. The Labute approximate surface area is 172 Å². The zero-order valence-electron chi connectivity index (χ0n) is 15.4. The van der Waals surface area contributed by atoms with Crippen LogP contribution in [0.2, 0.25) is 5.02 Å². The number of rotatable bonds is 7. The molecule has 146 valence electrons. The molecule has 6 nitrogen and oxygen atoms in total. The van der Waals surface area contributed by atoms with Crippen LogP contribution in [0.1, 0.15) is 27.4 Å². The quantitative estimate of drug-likeness (QED) is 0.421. The van der Waals surface area contributed by atoms with Gasteiger partial charge in [-0.25, -0.2) is 4.79 Å². The third-order valence-corrected chi connectivity index (χ3v) is 4.23. The van der Waals surface area contributed by atoms with Crippen LogP contribution in [-0.4, -0.2) is 18.2 Å². The fourth-order valence-corrected chi connectivity index (χ4v) is 2.81. The highest BCUT2D eigenvalue weighted by atomic mass is 35.5. The van der Waals surface area contributed by atoms with Gasteiger partial charge < -0.3 is 19.0 Å². The van der Waals surface area contributed by atoms with Gasteiger partial charge in [0.25, 0.3) is 0 Å². The van der Waals surface area contributed by atoms with Crippen molar-refractivity contribution < 1.29 is 23.8 Å². The molecule has 1 aromatic heterocycles. The Kier molecular flexibility index (Phi) is 6.22. The molecule has 1 N–H and O–H groups in total. The van der Waals surface area contributed by atoms with Crippen molar-refractivity contribution in [3.63, 3.8) is 0 Å². The van der Waals surface area contributed by atoms with E-state index < -0.39 is 5.97 Å². The maximum atomic E-state index is 10.9. The van der Waals surface area contributed by atoms with Gasteiger partial charge in [0.15, 0.2) is 11.5 Å². The van der Waals surface area contributed by atoms with Gasteiger partial charge in [-0.2, -0.15) is 5.26 Å². The van der Waals surface area contributed by atoms with Crippen molar-refractivity contribution in [1.82, 2.24) is 0 Å². The second-order valence-corrected chi connectivity index (χ2v) is 6.39. The van der Waals surface area contributed by atoms with Crippen LogP contribution in [0, 0.1) is 11.3 Å². The minimum absolute atomic E-state index is 0.0464. The van der Waals surface area contributed by atoms with E-state index in [1.807, 2.05) is 6.07 Å². The van der Waals surface area contributed by atoms with Crippen molar-refractivity contribution in [2.24, 2.45) is 0 Å². The predicted molar refractivity (Wildman–Crippen MR) is 108 cm³/mol. The van der Waals surface area contributed by atoms with Crippen LogP contribution in [0.3, 0.4) is 0 Å². The minimum atomic E-state index is -1.14. The maximum Gasteiger partial charge on any atom is 0.371 e. The number of carboxylic acids is 1. The zero-order valence-corrected chi connectivity index (χ0v) is 16.1. The number of nitrogens with zero attached hydrogens (tertiary/aromatic N) is 1. The largest absolute Gasteiger partial charge is 0.493 e. The van der Waals surface area contributed by atoms with Gasteiger partial charge in [-0.3, -0.25) is 0 Å². The number of nitriles is 1. The summed E-state index contributed by atoms with van der Waals surface area (Å²) in [6, 6.07) is 17.4. The molecule has 0 saturated carbocycles. The van der Waals surface area contributed by atoms with Crippen LogP contribution >= 0.6 is 11.6 Å². The minimum Gasteiger partial charge on any atom is -0.493 e. The van der Waals surface area contributed by atoms with Crippen LogP contribution in [0.5, 0.6) is 11.5 Å². The number of hydrogen-bond donors (Lipinski definition) is 1. The van der Waals surface area contributed by atoms with E-state index in [9.17, 15) is 10.1 Å². The number of methoxy groups -OCH3 is 1. The standard InChI is InChI=1S/C22H16ClNO5/c1-27-21-10-14(9-16(12-24)15-3-2-4-17(23)11-15)5-7-19(21)28-13-18-6-8-20(29-18)22(25)26/h2-11H,13H2,1H3,(H,25,26)/b16-9-. The first kappa shape index (κ1) is 20.1. The summed E-state index contributed by atoms with van der Waals surface area (Å²) >= 11 is 6.01. The monoisotopic (exact) mass is 409 g/mol. The molecule has 1 heterocycles. The number of carbonyl (C=O) groups is 1. The fourth-order valence-electron chi connectivity index (χ4n) is 2.62. The Bertz CT molecular complexity index is 1110. The van der Waals surface area contributed by atoms with Gasteiger partial charge in [0.2, 0.25) is 5.76 Å². The number of hydrogen-bond acceptors (Lipinski definition) is 5. The first-order valence-corrected chi connectivity index (χ1v) is 8.88. The van der Waals surface area contributed by atoms with Crippen molar-refractivity contribution >= 4 is 29.2 Å². The number of carboxylic acid groups (broad SMARTS) is 1. The van der Waals surface area contributed by atoms with E-state index in [2.05, 4.69) is 6.07 Å². The Morgan fingerprint density at radius 2 is 2.03 bits per heavy atom. The highest BCUT2D eigenvalue weighted by Gasteiger charge is 2.11. The molecular weight excluding hydrogens is 394 g/mol. The van der Waals surface area contributed by atoms with Crippen molar-refractivity contribution in [1.29, 1.82) is 5.26 Å². The van der Waals surface area contributed by atoms with E-state index >= 15 is 0 Å². The van der Waals surface area contributed by atoms with Crippen molar-refractivity contribution in [2.75, 3.05) is 7.11 Å². The highest BCUT2D eigenvalue weighted by Crippen LogP contribution is 2.31. The number of benzene rings is 2. The van der Waals surface area contributed by atoms with Crippen LogP contribution in [-0.2, 0) is 6.61 Å². The predicted octanol–water partition coefficient (Wildman–Crippen LogP) is 5.28. The lowest BCUT2D eigenvalue weighted by Gasteiger charge is -2.10. The molecule has 0 radical (unpaired) electrons. The summed E-state index contributed by atoms with van der Waals surface area (Å²) in [5, 5.41) is 18.9. The average Bonchev–Trinajstić information content (AvgIpc) is 3.20. The number of allylic oxidation sites excluding steroid dienone is 1. The molecule has 0 amide bonds. The van der Waals surface area contributed by atoms with Crippen LogP contribution in [0.25, 0.3) is 11.6 Å². The van der Waals surface area contributed by atoms with Gasteiger partial charge in [0.1, 0.15) is 12.4 Å². The van der Waals surface area contributed by atoms with Crippen molar-refractivity contribution in [3.05, 3.63) is 82.3 Å². The van der Waals surface area contributed by atoms with E-state index in [-0.39, 0.29) is 12.4 Å². The lowest BCUT2D eigenvalue weighted by Crippen LogP contribution is -1.97. The van der Waals surface area contributed by atoms with Gasteiger partial charge in [-0.1, -0.05) is 29.8 Å². The van der Waals surface area contributed by atoms with Gasteiger partial charge >= 0.3 is 5.97 Å². The molecule has 29 heavy (non-hydrogen) atoms. The van der Waals surface area contributed by atoms with Gasteiger partial charge in [0.05, 0.1) is 18.8 Å². The Morgan fingerprint density at radius 1 is 1.21 bits per heavy atom. The molecule has 3 rings (SSSR count). The topological polar surface area (TPSA) is 92.7 Å². The third-order valence-electron chi connectivity index (χ3n) is 4.00. The fraction of sp³-hybridized carbons (Fsp3) is 0.0909. The molecule has 0 saturated heterocycles. The molecular formula is C22H16ClNO5. The van der Waals surface area contributed by atoms with E-state index in [1.54, 1.807) is 42.5 Å².